The fraction of sp³-hybridized carbons (Fsp3) is 0.0435. The van der Waals surface area contributed by atoms with E-state index in [-0.39, 0.29) is 16.8 Å². The molecular formula is C23H14F4N6O. The highest BCUT2D eigenvalue weighted by Crippen LogP contribution is 2.31. The summed E-state index contributed by atoms with van der Waals surface area (Å²) in [5.41, 5.74) is 1.48. The highest BCUT2D eigenvalue weighted by molar-refractivity contribution is 6.04. The number of rotatable bonds is 4. The number of nitrogens with one attached hydrogen (secondary N) is 2. The van der Waals surface area contributed by atoms with Crippen molar-refractivity contribution in [2.24, 2.45) is 0 Å². The van der Waals surface area contributed by atoms with Crippen molar-refractivity contribution >= 4 is 17.2 Å². The van der Waals surface area contributed by atoms with Gasteiger partial charge in [-0.05, 0) is 42.5 Å². The molecule has 3 heterocycles. The number of hydrogen-bond acceptors (Lipinski definition) is 4. The molecule has 0 aliphatic heterocycles. The standard InChI is InChI=1S/C23H14F4N6O/c24-19-5-4-16(32-22(34)13-2-1-3-15(8-13)23(25,26)27)9-17(19)20-6-7-28-21-18(12-31-33(20)21)14-10-29-30-11-14/h1-12H,(H,29,30)(H,32,34). The number of amides is 1. The molecule has 170 valence electrons. The summed E-state index contributed by atoms with van der Waals surface area (Å²) in [5, 5.41) is 13.5. The second-order valence-electron chi connectivity index (χ2n) is 7.34. The molecule has 0 radical (unpaired) electrons. The van der Waals surface area contributed by atoms with Gasteiger partial charge in [-0.15, -0.1) is 0 Å². The largest absolute Gasteiger partial charge is 0.416 e. The van der Waals surface area contributed by atoms with E-state index in [9.17, 15) is 22.4 Å². The van der Waals surface area contributed by atoms with Crippen LogP contribution >= 0.6 is 0 Å². The van der Waals surface area contributed by atoms with Gasteiger partial charge in [0.1, 0.15) is 5.82 Å². The lowest BCUT2D eigenvalue weighted by molar-refractivity contribution is -0.137. The van der Waals surface area contributed by atoms with E-state index < -0.39 is 23.5 Å². The predicted octanol–water partition coefficient (Wildman–Crippen LogP) is 5.20. The molecule has 5 aromatic rings. The molecule has 2 aromatic carbocycles. The number of benzene rings is 2. The maximum Gasteiger partial charge on any atom is 0.416 e. The summed E-state index contributed by atoms with van der Waals surface area (Å²) in [6.07, 6.45) is 1.79. The Kier molecular flexibility index (Phi) is 5.08. The Balaban J connectivity index is 1.50. The first-order valence-corrected chi connectivity index (χ1v) is 9.92. The molecule has 0 saturated carbocycles. The second-order valence-corrected chi connectivity index (χ2v) is 7.34. The minimum atomic E-state index is -4.58. The number of aromatic amines is 1. The average Bonchev–Trinajstić information content (AvgIpc) is 3.49. The molecule has 5 rings (SSSR count). The van der Waals surface area contributed by atoms with Crippen molar-refractivity contribution in [1.82, 2.24) is 24.8 Å². The van der Waals surface area contributed by atoms with Crippen molar-refractivity contribution in [2.75, 3.05) is 5.32 Å². The fourth-order valence-corrected chi connectivity index (χ4v) is 3.54. The third-order valence-corrected chi connectivity index (χ3v) is 5.16. The van der Waals surface area contributed by atoms with Crippen LogP contribution in [0.3, 0.4) is 0 Å². The van der Waals surface area contributed by atoms with Gasteiger partial charge in [0.25, 0.3) is 5.91 Å². The summed E-state index contributed by atoms with van der Waals surface area (Å²) >= 11 is 0. The van der Waals surface area contributed by atoms with Crippen LogP contribution in [0.1, 0.15) is 15.9 Å². The van der Waals surface area contributed by atoms with Crippen LogP contribution in [-0.2, 0) is 6.18 Å². The first-order valence-electron chi connectivity index (χ1n) is 9.92. The van der Waals surface area contributed by atoms with E-state index in [0.717, 1.165) is 29.8 Å². The van der Waals surface area contributed by atoms with Gasteiger partial charge in [-0.25, -0.2) is 13.9 Å². The molecule has 3 aromatic heterocycles. The van der Waals surface area contributed by atoms with Gasteiger partial charge in [0, 0.05) is 40.3 Å². The molecular weight excluding hydrogens is 452 g/mol. The van der Waals surface area contributed by atoms with Crippen LogP contribution < -0.4 is 5.32 Å². The van der Waals surface area contributed by atoms with Gasteiger partial charge < -0.3 is 5.32 Å². The van der Waals surface area contributed by atoms with Crippen molar-refractivity contribution in [1.29, 1.82) is 0 Å². The topological polar surface area (TPSA) is 88.0 Å². The Hall–Kier alpha value is -4.54. The van der Waals surface area contributed by atoms with Gasteiger partial charge in [0.15, 0.2) is 5.65 Å². The molecule has 0 aliphatic carbocycles. The summed E-state index contributed by atoms with van der Waals surface area (Å²) < 4.78 is 55.2. The quantitative estimate of drug-likeness (QED) is 0.357. The Morgan fingerprint density at radius 3 is 2.65 bits per heavy atom. The van der Waals surface area contributed by atoms with E-state index in [4.69, 9.17) is 0 Å². The average molecular weight is 466 g/mol. The molecule has 0 atom stereocenters. The number of hydrogen-bond donors (Lipinski definition) is 2. The SMILES string of the molecule is O=C(Nc1ccc(F)c(-c2ccnc3c(-c4cn[nH]c4)cnn23)c1)c1cccc(C(F)(F)F)c1. The highest BCUT2D eigenvalue weighted by Gasteiger charge is 2.31. The zero-order valence-corrected chi connectivity index (χ0v) is 17.1. The number of fused-ring (bicyclic) bond motifs is 1. The number of alkyl halides is 3. The van der Waals surface area contributed by atoms with Crippen molar-refractivity contribution in [3.63, 3.8) is 0 Å². The molecule has 11 heteroatoms. The first-order chi connectivity index (χ1) is 16.3. The zero-order chi connectivity index (χ0) is 23.9. The van der Waals surface area contributed by atoms with Gasteiger partial charge in [-0.2, -0.15) is 23.4 Å². The summed E-state index contributed by atoms with van der Waals surface area (Å²) in [5.74, 6) is -1.34. The number of anilines is 1. The number of carbonyl (C=O) groups excluding carboxylic acids is 1. The molecule has 0 saturated heterocycles. The molecule has 7 nitrogen and oxygen atoms in total. The Bertz CT molecular complexity index is 1510. The third kappa shape index (κ3) is 3.87. The van der Waals surface area contributed by atoms with E-state index in [1.54, 1.807) is 24.7 Å². The van der Waals surface area contributed by atoms with Gasteiger partial charge >= 0.3 is 6.18 Å². The van der Waals surface area contributed by atoms with E-state index in [2.05, 4.69) is 25.6 Å². The third-order valence-electron chi connectivity index (χ3n) is 5.16. The smallest absolute Gasteiger partial charge is 0.322 e. The lowest BCUT2D eigenvalue weighted by Gasteiger charge is -2.11. The Morgan fingerprint density at radius 1 is 1.03 bits per heavy atom. The normalized spacial score (nSPS) is 11.6. The summed E-state index contributed by atoms with van der Waals surface area (Å²) in [7, 11) is 0. The minimum absolute atomic E-state index is 0.121. The number of aromatic nitrogens is 5. The summed E-state index contributed by atoms with van der Waals surface area (Å²) in [6, 6.07) is 9.48. The van der Waals surface area contributed by atoms with Crippen LogP contribution in [0.25, 0.3) is 28.0 Å². The zero-order valence-electron chi connectivity index (χ0n) is 17.1. The molecule has 0 fully saturated rings. The van der Waals surface area contributed by atoms with Crippen LogP contribution in [0.15, 0.2) is 73.3 Å². The molecule has 0 unspecified atom stereocenters. The maximum atomic E-state index is 14.8. The van der Waals surface area contributed by atoms with Crippen molar-refractivity contribution in [2.45, 2.75) is 6.18 Å². The van der Waals surface area contributed by atoms with Crippen LogP contribution in [0.2, 0.25) is 0 Å². The molecule has 0 spiro atoms. The van der Waals surface area contributed by atoms with E-state index in [1.165, 1.54) is 28.9 Å². The fourth-order valence-electron chi connectivity index (χ4n) is 3.54. The van der Waals surface area contributed by atoms with Gasteiger partial charge in [0.2, 0.25) is 0 Å². The minimum Gasteiger partial charge on any atom is -0.322 e. The van der Waals surface area contributed by atoms with Crippen LogP contribution in [0.5, 0.6) is 0 Å². The lowest BCUT2D eigenvalue weighted by Crippen LogP contribution is -2.14. The van der Waals surface area contributed by atoms with Crippen LogP contribution in [0.4, 0.5) is 23.2 Å². The van der Waals surface area contributed by atoms with Crippen LogP contribution in [-0.4, -0.2) is 30.7 Å². The number of nitrogens with zero attached hydrogens (tertiary/aromatic N) is 4. The van der Waals surface area contributed by atoms with E-state index >= 15 is 0 Å². The van der Waals surface area contributed by atoms with Crippen molar-refractivity contribution < 1.29 is 22.4 Å². The summed E-state index contributed by atoms with van der Waals surface area (Å²) in [6.45, 7) is 0. The predicted molar refractivity (Wildman–Crippen MR) is 115 cm³/mol. The second kappa shape index (κ2) is 8.10. The lowest BCUT2D eigenvalue weighted by atomic mass is 10.1. The maximum absolute atomic E-state index is 14.8. The Morgan fingerprint density at radius 2 is 1.88 bits per heavy atom. The van der Waals surface area contributed by atoms with Gasteiger partial charge in [-0.3, -0.25) is 9.89 Å². The van der Waals surface area contributed by atoms with Gasteiger partial charge in [0.05, 0.1) is 23.7 Å². The Labute approximate surface area is 189 Å². The highest BCUT2D eigenvalue weighted by atomic mass is 19.4. The first kappa shape index (κ1) is 21.3. The molecule has 2 N–H and O–H groups in total. The molecule has 0 bridgehead atoms. The molecule has 1 amide bonds. The number of halogens is 4. The van der Waals surface area contributed by atoms with Crippen molar-refractivity contribution in [3.8, 4) is 22.4 Å². The molecule has 0 aliphatic rings. The number of H-pyrrole nitrogens is 1. The molecule has 34 heavy (non-hydrogen) atoms. The number of carbonyl (C=O) groups is 1. The van der Waals surface area contributed by atoms with Gasteiger partial charge in [-0.1, -0.05) is 6.07 Å². The van der Waals surface area contributed by atoms with E-state index in [0.29, 0.717) is 16.9 Å². The van der Waals surface area contributed by atoms with E-state index in [1.807, 2.05) is 0 Å². The van der Waals surface area contributed by atoms with Crippen molar-refractivity contribution in [3.05, 3.63) is 90.3 Å². The van der Waals surface area contributed by atoms with Crippen LogP contribution in [0, 0.1) is 5.82 Å². The monoisotopic (exact) mass is 466 g/mol. The summed E-state index contributed by atoms with van der Waals surface area (Å²) in [4.78, 5) is 16.9.